The summed E-state index contributed by atoms with van der Waals surface area (Å²) >= 11 is 0. The topological polar surface area (TPSA) is 170 Å². The van der Waals surface area contributed by atoms with Crippen LogP contribution in [0.2, 0.25) is 0 Å². The molecule has 3 aliphatic carbocycles. The zero-order valence-electron chi connectivity index (χ0n) is 27.1. The summed E-state index contributed by atoms with van der Waals surface area (Å²) in [6, 6.07) is 12.0. The molecule has 244 valence electrons. The third-order valence-corrected chi connectivity index (χ3v) is 11.3. The van der Waals surface area contributed by atoms with Gasteiger partial charge in [-0.05, 0) is 65.7 Å². The number of phenolic OH excluding ortho intramolecular Hbond substituents is 1. The number of hydrogen-bond donors (Lipinski definition) is 6. The first-order chi connectivity index (χ1) is 21.0. The molecule has 0 heterocycles. The van der Waals surface area contributed by atoms with E-state index in [1.165, 1.54) is 5.56 Å². The Labute approximate surface area is 265 Å². The Kier molecular flexibility index (Phi) is 8.57. The van der Waals surface area contributed by atoms with Gasteiger partial charge in [0.1, 0.15) is 17.8 Å². The van der Waals surface area contributed by atoms with Gasteiger partial charge in [0.15, 0.2) is 17.2 Å². The monoisotopic (exact) mass is 620 g/mol. The fourth-order valence-electron chi connectivity index (χ4n) is 9.44. The lowest BCUT2D eigenvalue weighted by atomic mass is 9.39. The molecule has 5 rings (SSSR count). The van der Waals surface area contributed by atoms with E-state index in [9.17, 15) is 34.8 Å². The van der Waals surface area contributed by atoms with Crippen molar-refractivity contribution in [1.29, 1.82) is 0 Å². The van der Waals surface area contributed by atoms with Crippen LogP contribution in [0.25, 0.3) is 0 Å². The minimum atomic E-state index is -2.52. The molecular weight excluding hydrogens is 572 g/mol. The molecule has 8 atom stereocenters. The Bertz CT molecular complexity index is 1510. The van der Waals surface area contributed by atoms with Gasteiger partial charge < -0.3 is 31.5 Å². The van der Waals surface area contributed by atoms with Crippen LogP contribution in [0.1, 0.15) is 86.5 Å². The number of carbonyl (C=O) groups is 3. The molecule has 7 N–H and O–H groups in total. The van der Waals surface area contributed by atoms with Crippen LogP contribution < -0.4 is 11.1 Å². The number of primary amides is 1. The SMILES string of the molecule is CC(C)c1cc(CNCCc2ccccc2)c(O)c2c1C[C@]1(C)C[C@]3(C)[C@@H](C(C)C)C(O)[C@@H](C(N)=O)C(=O)[C@]3(O)C(O)[C@H]1C2=O. The zero-order valence-corrected chi connectivity index (χ0v) is 27.1. The van der Waals surface area contributed by atoms with Gasteiger partial charge in [0.2, 0.25) is 5.91 Å². The Morgan fingerprint density at radius 1 is 1.09 bits per heavy atom. The highest BCUT2D eigenvalue weighted by Crippen LogP contribution is 2.66. The predicted molar refractivity (Wildman–Crippen MR) is 169 cm³/mol. The van der Waals surface area contributed by atoms with Crippen molar-refractivity contribution >= 4 is 17.5 Å². The van der Waals surface area contributed by atoms with Gasteiger partial charge in [-0.2, -0.15) is 0 Å². The van der Waals surface area contributed by atoms with Crippen molar-refractivity contribution in [3.63, 3.8) is 0 Å². The van der Waals surface area contributed by atoms with E-state index in [1.807, 2.05) is 71.0 Å². The number of ketones is 2. The van der Waals surface area contributed by atoms with Gasteiger partial charge in [0.05, 0.1) is 17.6 Å². The van der Waals surface area contributed by atoms with Crippen LogP contribution in [0.15, 0.2) is 36.4 Å². The van der Waals surface area contributed by atoms with E-state index in [0.29, 0.717) is 30.6 Å². The highest BCUT2D eigenvalue weighted by atomic mass is 16.4. The maximum atomic E-state index is 14.5. The van der Waals surface area contributed by atoms with Crippen molar-refractivity contribution in [3.05, 3.63) is 64.2 Å². The number of aromatic hydroxyl groups is 1. The lowest BCUT2D eigenvalue weighted by Gasteiger charge is -2.66. The van der Waals surface area contributed by atoms with Crippen molar-refractivity contribution in [1.82, 2.24) is 5.32 Å². The van der Waals surface area contributed by atoms with Crippen molar-refractivity contribution in [2.75, 3.05) is 6.54 Å². The van der Waals surface area contributed by atoms with Crippen LogP contribution in [0, 0.1) is 34.5 Å². The Hall–Kier alpha value is -3.11. The summed E-state index contributed by atoms with van der Waals surface area (Å²) < 4.78 is 0. The number of nitrogens with two attached hydrogens (primary N) is 1. The second-order valence-corrected chi connectivity index (χ2v) is 14.9. The van der Waals surface area contributed by atoms with Gasteiger partial charge in [-0.1, -0.05) is 77.9 Å². The summed E-state index contributed by atoms with van der Waals surface area (Å²) in [5.41, 5.74) is 4.22. The van der Waals surface area contributed by atoms with Crippen LogP contribution in [0.4, 0.5) is 0 Å². The summed E-state index contributed by atoms with van der Waals surface area (Å²) in [4.78, 5) is 40.9. The molecule has 0 aromatic heterocycles. The van der Waals surface area contributed by atoms with Crippen LogP contribution in [-0.4, -0.2) is 62.3 Å². The third-order valence-electron chi connectivity index (χ3n) is 11.3. The van der Waals surface area contributed by atoms with E-state index in [-0.39, 0.29) is 29.6 Å². The number of phenols is 1. The molecule has 1 amide bonds. The minimum absolute atomic E-state index is 0.0224. The summed E-state index contributed by atoms with van der Waals surface area (Å²) in [6.45, 7) is 12.2. The lowest BCUT2D eigenvalue weighted by molar-refractivity contribution is -0.265. The number of benzene rings is 2. The number of aliphatic hydroxyl groups is 3. The molecule has 2 aromatic rings. The first-order valence-electron chi connectivity index (χ1n) is 16.1. The molecule has 0 radical (unpaired) electrons. The second-order valence-electron chi connectivity index (χ2n) is 14.9. The van der Waals surface area contributed by atoms with Crippen LogP contribution in [0.3, 0.4) is 0 Å². The molecule has 0 bridgehead atoms. The van der Waals surface area contributed by atoms with Gasteiger partial charge in [0.25, 0.3) is 0 Å². The standard InChI is InChI=1S/C36H48N2O7/c1-18(2)22-14-21(16-38-13-12-20-10-8-7-9-11-20)28(39)24-23(22)15-34(5)17-35(6)26(19(3)4)30(41)25(33(37)44)31(42)36(35,45)32(43)27(34)29(24)40/h7-11,14,18-19,25-27,30,32,38-39,41,43,45H,12-13,15-17H2,1-6H3,(H2,37,44)/t25-,26+,27-,30?,32?,34-,35-,36+/m1/s1. The molecule has 9 heteroatoms. The van der Waals surface area contributed by atoms with E-state index in [2.05, 4.69) is 5.32 Å². The second kappa shape index (κ2) is 11.6. The number of Topliss-reactive ketones (excluding diaryl/α,β-unsaturated/α-hetero) is 2. The Morgan fingerprint density at radius 3 is 2.31 bits per heavy atom. The quantitative estimate of drug-likeness (QED) is 0.193. The van der Waals surface area contributed by atoms with E-state index in [4.69, 9.17) is 5.73 Å². The number of carbonyl (C=O) groups excluding carboxylic acids is 3. The molecule has 2 fully saturated rings. The largest absolute Gasteiger partial charge is 0.507 e. The van der Waals surface area contributed by atoms with Gasteiger partial charge in [-0.15, -0.1) is 0 Å². The average Bonchev–Trinajstić information content (AvgIpc) is 2.94. The molecular formula is C36H48N2O7. The predicted octanol–water partition coefficient (Wildman–Crippen LogP) is 3.03. The minimum Gasteiger partial charge on any atom is -0.507 e. The van der Waals surface area contributed by atoms with Crippen molar-refractivity contribution < 1.29 is 34.8 Å². The van der Waals surface area contributed by atoms with Crippen LogP contribution in [-0.2, 0) is 29.0 Å². The van der Waals surface area contributed by atoms with E-state index < -0.39 is 63.9 Å². The maximum absolute atomic E-state index is 14.5. The fourth-order valence-corrected chi connectivity index (χ4v) is 9.44. The number of rotatable bonds is 8. The molecule has 0 saturated heterocycles. The summed E-state index contributed by atoms with van der Waals surface area (Å²) in [6.07, 6.45) is -2.11. The summed E-state index contributed by atoms with van der Waals surface area (Å²) in [5.74, 6) is -6.86. The van der Waals surface area contributed by atoms with Gasteiger partial charge in [-0.3, -0.25) is 14.4 Å². The molecule has 2 saturated carbocycles. The van der Waals surface area contributed by atoms with E-state index >= 15 is 0 Å². The molecule has 45 heavy (non-hydrogen) atoms. The molecule has 2 unspecified atom stereocenters. The first-order valence-corrected chi connectivity index (χ1v) is 16.1. The fraction of sp³-hybridized carbons (Fsp3) is 0.583. The third kappa shape index (κ3) is 4.94. The van der Waals surface area contributed by atoms with Gasteiger partial charge >= 0.3 is 0 Å². The normalized spacial score (nSPS) is 34.4. The number of hydrogen-bond acceptors (Lipinski definition) is 8. The molecule has 3 aliphatic rings. The smallest absolute Gasteiger partial charge is 0.230 e. The first kappa shape index (κ1) is 33.3. The molecule has 9 nitrogen and oxygen atoms in total. The van der Waals surface area contributed by atoms with Crippen LogP contribution >= 0.6 is 0 Å². The zero-order chi connectivity index (χ0) is 33.2. The number of fused-ring (bicyclic) bond motifs is 3. The summed E-state index contributed by atoms with van der Waals surface area (Å²) in [7, 11) is 0. The lowest BCUT2D eigenvalue weighted by Crippen LogP contribution is -2.79. The van der Waals surface area contributed by atoms with Gasteiger partial charge in [-0.25, -0.2) is 0 Å². The molecule has 0 aliphatic heterocycles. The highest BCUT2D eigenvalue weighted by molar-refractivity contribution is 6.09. The van der Waals surface area contributed by atoms with E-state index in [1.54, 1.807) is 6.92 Å². The van der Waals surface area contributed by atoms with Gasteiger partial charge in [0, 0.05) is 17.5 Å². The molecule has 2 aromatic carbocycles. The number of amides is 1. The Morgan fingerprint density at radius 2 is 1.73 bits per heavy atom. The van der Waals surface area contributed by atoms with Crippen molar-refractivity contribution in [2.45, 2.75) is 91.1 Å². The maximum Gasteiger partial charge on any atom is 0.230 e. The highest BCUT2D eigenvalue weighted by Gasteiger charge is 2.76. The average molecular weight is 621 g/mol. The van der Waals surface area contributed by atoms with Crippen LogP contribution in [0.5, 0.6) is 5.75 Å². The van der Waals surface area contributed by atoms with Crippen molar-refractivity contribution in [2.24, 2.45) is 40.2 Å². The number of nitrogens with one attached hydrogen (secondary N) is 1. The van der Waals surface area contributed by atoms with Crippen molar-refractivity contribution in [3.8, 4) is 5.75 Å². The Balaban J connectivity index is 1.58. The number of aliphatic hydroxyl groups excluding tert-OH is 2. The van der Waals surface area contributed by atoms with E-state index in [0.717, 1.165) is 12.0 Å². The summed E-state index contributed by atoms with van der Waals surface area (Å²) in [5, 5.41) is 50.7. The molecule has 0 spiro atoms.